The molecule has 6 heteroatoms. The van der Waals surface area contributed by atoms with Crippen LogP contribution in [-0.2, 0) is 9.53 Å². The van der Waals surface area contributed by atoms with Gasteiger partial charge in [-0.3, -0.25) is 4.79 Å². The van der Waals surface area contributed by atoms with E-state index in [4.69, 9.17) is 14.2 Å². The standard InChI is InChI=1S/C20H24N2O4/c1-2-25-16-7-9-17(10-8-16)26-15-20(23)21-18-5-3-4-6-19(18)22-11-13-24-14-12-22/h3-10H,2,11-15H2,1H3,(H,21,23). The molecule has 2 aromatic carbocycles. The van der Waals surface area contributed by atoms with Gasteiger partial charge >= 0.3 is 0 Å². The van der Waals surface area contributed by atoms with E-state index in [-0.39, 0.29) is 12.5 Å². The van der Waals surface area contributed by atoms with Crippen LogP contribution in [0.4, 0.5) is 11.4 Å². The molecule has 0 atom stereocenters. The molecule has 1 saturated heterocycles. The van der Waals surface area contributed by atoms with Crippen LogP contribution in [0.1, 0.15) is 6.92 Å². The van der Waals surface area contributed by atoms with Crippen LogP contribution in [0.25, 0.3) is 0 Å². The van der Waals surface area contributed by atoms with Crippen LogP contribution in [0.15, 0.2) is 48.5 Å². The van der Waals surface area contributed by atoms with Crippen LogP contribution in [0.5, 0.6) is 11.5 Å². The van der Waals surface area contributed by atoms with Crippen molar-refractivity contribution >= 4 is 17.3 Å². The molecule has 3 rings (SSSR count). The number of amides is 1. The summed E-state index contributed by atoms with van der Waals surface area (Å²) in [6, 6.07) is 15.0. The SMILES string of the molecule is CCOc1ccc(OCC(=O)Nc2ccccc2N2CCOCC2)cc1. The smallest absolute Gasteiger partial charge is 0.262 e. The van der Waals surface area contributed by atoms with Gasteiger partial charge in [-0.05, 0) is 43.3 Å². The van der Waals surface area contributed by atoms with E-state index in [1.54, 1.807) is 12.1 Å². The van der Waals surface area contributed by atoms with E-state index in [1.165, 1.54) is 0 Å². The lowest BCUT2D eigenvalue weighted by Gasteiger charge is -2.30. The Hall–Kier alpha value is -2.73. The van der Waals surface area contributed by atoms with Crippen LogP contribution >= 0.6 is 0 Å². The summed E-state index contributed by atoms with van der Waals surface area (Å²) in [6.07, 6.45) is 0. The molecule has 0 saturated carbocycles. The summed E-state index contributed by atoms with van der Waals surface area (Å²) < 4.78 is 16.3. The monoisotopic (exact) mass is 356 g/mol. The first-order valence-electron chi connectivity index (χ1n) is 8.83. The van der Waals surface area contributed by atoms with Gasteiger partial charge in [-0.25, -0.2) is 0 Å². The van der Waals surface area contributed by atoms with Crippen molar-refractivity contribution in [1.29, 1.82) is 0 Å². The number of ether oxygens (including phenoxy) is 3. The van der Waals surface area contributed by atoms with Crippen molar-refractivity contribution in [2.45, 2.75) is 6.92 Å². The highest BCUT2D eigenvalue weighted by atomic mass is 16.5. The van der Waals surface area contributed by atoms with Crippen molar-refractivity contribution in [1.82, 2.24) is 0 Å². The lowest BCUT2D eigenvalue weighted by atomic mass is 10.2. The molecule has 0 radical (unpaired) electrons. The molecule has 0 aromatic heterocycles. The Morgan fingerprint density at radius 3 is 2.38 bits per heavy atom. The van der Waals surface area contributed by atoms with Gasteiger partial charge in [-0.2, -0.15) is 0 Å². The Morgan fingerprint density at radius 2 is 1.69 bits per heavy atom. The Labute approximate surface area is 153 Å². The van der Waals surface area contributed by atoms with Crippen LogP contribution in [0, 0.1) is 0 Å². The summed E-state index contributed by atoms with van der Waals surface area (Å²) in [4.78, 5) is 14.5. The highest BCUT2D eigenvalue weighted by molar-refractivity contribution is 5.95. The molecule has 1 heterocycles. The fourth-order valence-electron chi connectivity index (χ4n) is 2.79. The van der Waals surface area contributed by atoms with Crippen molar-refractivity contribution in [3.8, 4) is 11.5 Å². The molecule has 6 nitrogen and oxygen atoms in total. The number of anilines is 2. The second kappa shape index (κ2) is 9.10. The largest absolute Gasteiger partial charge is 0.494 e. The molecule has 1 aliphatic rings. The Kier molecular flexibility index (Phi) is 6.33. The third kappa shape index (κ3) is 4.89. The molecule has 0 spiro atoms. The molecular weight excluding hydrogens is 332 g/mol. The average molecular weight is 356 g/mol. The molecule has 26 heavy (non-hydrogen) atoms. The molecule has 138 valence electrons. The van der Waals surface area contributed by atoms with Crippen LogP contribution < -0.4 is 19.7 Å². The molecule has 0 bridgehead atoms. The third-order valence-corrected chi connectivity index (χ3v) is 4.03. The maximum Gasteiger partial charge on any atom is 0.262 e. The zero-order valence-electron chi connectivity index (χ0n) is 14.9. The molecule has 1 aliphatic heterocycles. The summed E-state index contributed by atoms with van der Waals surface area (Å²) in [5.74, 6) is 1.22. The van der Waals surface area contributed by atoms with Crippen molar-refractivity contribution in [2.75, 3.05) is 49.7 Å². The van der Waals surface area contributed by atoms with Gasteiger partial charge in [0.25, 0.3) is 5.91 Å². The van der Waals surface area contributed by atoms with E-state index in [1.807, 2.05) is 43.3 Å². The predicted octanol–water partition coefficient (Wildman–Crippen LogP) is 2.94. The number of carbonyl (C=O) groups is 1. The molecule has 0 aliphatic carbocycles. The quantitative estimate of drug-likeness (QED) is 0.827. The van der Waals surface area contributed by atoms with Gasteiger partial charge in [0.05, 0.1) is 31.2 Å². The molecule has 1 fully saturated rings. The zero-order valence-corrected chi connectivity index (χ0v) is 14.9. The van der Waals surface area contributed by atoms with E-state index in [9.17, 15) is 4.79 Å². The average Bonchev–Trinajstić information content (AvgIpc) is 2.69. The van der Waals surface area contributed by atoms with Crippen LogP contribution in [0.3, 0.4) is 0 Å². The Bertz CT molecular complexity index is 712. The number of nitrogens with one attached hydrogen (secondary N) is 1. The fraction of sp³-hybridized carbons (Fsp3) is 0.350. The molecular formula is C20H24N2O4. The first-order valence-corrected chi connectivity index (χ1v) is 8.83. The number of para-hydroxylation sites is 2. The Morgan fingerprint density at radius 1 is 1.04 bits per heavy atom. The number of benzene rings is 2. The molecule has 1 amide bonds. The van der Waals surface area contributed by atoms with Gasteiger partial charge in [0.1, 0.15) is 11.5 Å². The predicted molar refractivity (Wildman–Crippen MR) is 101 cm³/mol. The summed E-state index contributed by atoms with van der Waals surface area (Å²) in [6.45, 7) is 5.53. The van der Waals surface area contributed by atoms with Gasteiger partial charge in [0.15, 0.2) is 6.61 Å². The van der Waals surface area contributed by atoms with Crippen molar-refractivity contribution in [3.63, 3.8) is 0 Å². The normalized spacial score (nSPS) is 14.0. The number of hydrogen-bond donors (Lipinski definition) is 1. The fourth-order valence-corrected chi connectivity index (χ4v) is 2.79. The summed E-state index contributed by atoms with van der Waals surface area (Å²) in [5.41, 5.74) is 1.79. The summed E-state index contributed by atoms with van der Waals surface area (Å²) >= 11 is 0. The van der Waals surface area contributed by atoms with Crippen molar-refractivity contribution < 1.29 is 19.0 Å². The number of nitrogens with zero attached hydrogens (tertiary/aromatic N) is 1. The van der Waals surface area contributed by atoms with Crippen molar-refractivity contribution in [2.24, 2.45) is 0 Å². The van der Waals surface area contributed by atoms with Crippen molar-refractivity contribution in [3.05, 3.63) is 48.5 Å². The minimum Gasteiger partial charge on any atom is -0.494 e. The number of morpholine rings is 1. The van der Waals surface area contributed by atoms with Gasteiger partial charge in [-0.1, -0.05) is 12.1 Å². The zero-order chi connectivity index (χ0) is 18.2. The maximum absolute atomic E-state index is 12.3. The summed E-state index contributed by atoms with van der Waals surface area (Å²) in [5, 5.41) is 2.94. The third-order valence-electron chi connectivity index (χ3n) is 4.03. The van der Waals surface area contributed by atoms with Crippen LogP contribution in [0.2, 0.25) is 0 Å². The first kappa shape index (κ1) is 18.1. The maximum atomic E-state index is 12.3. The second-order valence-corrected chi connectivity index (χ2v) is 5.86. The van der Waals surface area contributed by atoms with E-state index in [2.05, 4.69) is 10.2 Å². The van der Waals surface area contributed by atoms with Crippen LogP contribution in [-0.4, -0.2) is 45.4 Å². The van der Waals surface area contributed by atoms with E-state index < -0.39 is 0 Å². The Balaban J connectivity index is 1.56. The molecule has 1 N–H and O–H groups in total. The van der Waals surface area contributed by atoms with E-state index in [0.29, 0.717) is 25.6 Å². The van der Waals surface area contributed by atoms with Gasteiger partial charge in [0.2, 0.25) is 0 Å². The lowest BCUT2D eigenvalue weighted by molar-refractivity contribution is -0.118. The number of carbonyl (C=O) groups excluding carboxylic acids is 1. The first-order chi connectivity index (χ1) is 12.8. The lowest BCUT2D eigenvalue weighted by Crippen LogP contribution is -2.36. The highest BCUT2D eigenvalue weighted by Crippen LogP contribution is 2.26. The van der Waals surface area contributed by atoms with E-state index >= 15 is 0 Å². The topological polar surface area (TPSA) is 60.0 Å². The van der Waals surface area contributed by atoms with Gasteiger partial charge in [0, 0.05) is 13.1 Å². The minimum atomic E-state index is -0.195. The van der Waals surface area contributed by atoms with Gasteiger partial charge in [-0.15, -0.1) is 0 Å². The summed E-state index contributed by atoms with van der Waals surface area (Å²) in [7, 11) is 0. The van der Waals surface area contributed by atoms with E-state index in [0.717, 1.165) is 30.2 Å². The molecule has 0 unspecified atom stereocenters. The molecule has 2 aromatic rings. The number of hydrogen-bond acceptors (Lipinski definition) is 5. The highest BCUT2D eigenvalue weighted by Gasteiger charge is 2.15. The second-order valence-electron chi connectivity index (χ2n) is 5.86. The number of rotatable bonds is 7. The minimum absolute atomic E-state index is 0.0502. The van der Waals surface area contributed by atoms with Gasteiger partial charge < -0.3 is 24.4 Å².